The quantitative estimate of drug-likeness (QED) is 0.939. The normalized spacial score (nSPS) is 19.4. The SMILES string of the molecule is CCc1nc(N2CCNC(=O)C2CC)c2ccsc2n1. The molecular weight excluding hydrogens is 272 g/mol. The minimum atomic E-state index is -0.133. The minimum absolute atomic E-state index is 0.0961. The molecule has 0 saturated carbocycles. The number of hydrogen-bond acceptors (Lipinski definition) is 5. The lowest BCUT2D eigenvalue weighted by atomic mass is 10.1. The molecule has 6 heteroatoms. The largest absolute Gasteiger partial charge is 0.353 e. The van der Waals surface area contributed by atoms with E-state index in [9.17, 15) is 4.79 Å². The molecule has 1 N–H and O–H groups in total. The molecule has 0 spiro atoms. The van der Waals surface area contributed by atoms with Crippen LogP contribution in [0.3, 0.4) is 0 Å². The maximum absolute atomic E-state index is 12.0. The zero-order valence-corrected chi connectivity index (χ0v) is 12.5. The van der Waals surface area contributed by atoms with Crippen molar-refractivity contribution >= 4 is 33.3 Å². The lowest BCUT2D eigenvalue weighted by Gasteiger charge is -2.35. The van der Waals surface area contributed by atoms with Crippen LogP contribution in [-0.4, -0.2) is 35.0 Å². The molecule has 106 valence electrons. The average Bonchev–Trinajstić information content (AvgIpc) is 2.94. The molecule has 2 aromatic heterocycles. The number of rotatable bonds is 3. The van der Waals surface area contributed by atoms with Crippen LogP contribution in [0.25, 0.3) is 10.2 Å². The van der Waals surface area contributed by atoms with Crippen molar-refractivity contribution in [1.29, 1.82) is 0 Å². The van der Waals surface area contributed by atoms with Gasteiger partial charge in [-0.25, -0.2) is 9.97 Å². The molecule has 1 saturated heterocycles. The first-order valence-electron chi connectivity index (χ1n) is 7.03. The summed E-state index contributed by atoms with van der Waals surface area (Å²) in [6.45, 7) is 5.57. The van der Waals surface area contributed by atoms with Gasteiger partial charge < -0.3 is 10.2 Å². The maximum Gasteiger partial charge on any atom is 0.242 e. The van der Waals surface area contributed by atoms with Crippen molar-refractivity contribution in [2.45, 2.75) is 32.7 Å². The zero-order valence-electron chi connectivity index (χ0n) is 11.7. The topological polar surface area (TPSA) is 58.1 Å². The fraction of sp³-hybridized carbons (Fsp3) is 0.500. The van der Waals surface area contributed by atoms with Crippen molar-refractivity contribution < 1.29 is 4.79 Å². The molecule has 0 bridgehead atoms. The number of aromatic nitrogens is 2. The lowest BCUT2D eigenvalue weighted by Crippen LogP contribution is -2.55. The van der Waals surface area contributed by atoms with Gasteiger partial charge in [-0.2, -0.15) is 0 Å². The van der Waals surface area contributed by atoms with E-state index in [0.717, 1.165) is 41.2 Å². The molecule has 1 aliphatic heterocycles. The van der Waals surface area contributed by atoms with Gasteiger partial charge in [-0.3, -0.25) is 4.79 Å². The number of nitrogens with zero attached hydrogens (tertiary/aromatic N) is 3. The highest BCUT2D eigenvalue weighted by Crippen LogP contribution is 2.30. The number of piperazine rings is 1. The highest BCUT2D eigenvalue weighted by molar-refractivity contribution is 7.16. The number of aryl methyl sites for hydroxylation is 1. The van der Waals surface area contributed by atoms with Crippen LogP contribution in [0.2, 0.25) is 0 Å². The van der Waals surface area contributed by atoms with Crippen LogP contribution >= 0.6 is 11.3 Å². The molecule has 20 heavy (non-hydrogen) atoms. The molecule has 1 aliphatic rings. The van der Waals surface area contributed by atoms with Gasteiger partial charge in [-0.15, -0.1) is 11.3 Å². The Morgan fingerprint density at radius 1 is 1.45 bits per heavy atom. The smallest absolute Gasteiger partial charge is 0.242 e. The van der Waals surface area contributed by atoms with Crippen LogP contribution in [0, 0.1) is 0 Å². The molecule has 0 aromatic carbocycles. The maximum atomic E-state index is 12.0. The number of thiophene rings is 1. The third-order valence-electron chi connectivity index (χ3n) is 3.66. The summed E-state index contributed by atoms with van der Waals surface area (Å²) in [5.41, 5.74) is 0. The van der Waals surface area contributed by atoms with Gasteiger partial charge in [0.2, 0.25) is 5.91 Å². The second kappa shape index (κ2) is 5.36. The van der Waals surface area contributed by atoms with Crippen LogP contribution in [0.15, 0.2) is 11.4 Å². The van der Waals surface area contributed by atoms with Crippen LogP contribution in [-0.2, 0) is 11.2 Å². The highest BCUT2D eigenvalue weighted by atomic mass is 32.1. The summed E-state index contributed by atoms with van der Waals surface area (Å²) in [4.78, 5) is 24.4. The lowest BCUT2D eigenvalue weighted by molar-refractivity contribution is -0.123. The second-order valence-electron chi connectivity index (χ2n) is 4.86. The molecule has 1 atom stereocenters. The zero-order chi connectivity index (χ0) is 14.1. The van der Waals surface area contributed by atoms with E-state index in [1.807, 2.05) is 18.4 Å². The Morgan fingerprint density at radius 2 is 2.30 bits per heavy atom. The van der Waals surface area contributed by atoms with Gasteiger partial charge in [0, 0.05) is 19.5 Å². The first kappa shape index (κ1) is 13.3. The first-order valence-corrected chi connectivity index (χ1v) is 7.91. The molecule has 2 aromatic rings. The average molecular weight is 290 g/mol. The Kier molecular flexibility index (Phi) is 3.56. The number of nitrogens with one attached hydrogen (secondary N) is 1. The summed E-state index contributed by atoms with van der Waals surface area (Å²) < 4.78 is 0. The van der Waals surface area contributed by atoms with Gasteiger partial charge in [-0.1, -0.05) is 13.8 Å². The molecule has 0 aliphatic carbocycles. The Bertz CT molecular complexity index is 639. The summed E-state index contributed by atoms with van der Waals surface area (Å²) >= 11 is 1.63. The molecule has 3 rings (SSSR count). The molecule has 3 heterocycles. The van der Waals surface area contributed by atoms with Crippen molar-refractivity contribution in [2.24, 2.45) is 0 Å². The molecular formula is C14H18N4OS. The second-order valence-corrected chi connectivity index (χ2v) is 5.76. The van der Waals surface area contributed by atoms with Gasteiger partial charge in [0.1, 0.15) is 22.5 Å². The predicted octanol–water partition coefficient (Wildman–Crippen LogP) is 1.97. The number of anilines is 1. The predicted molar refractivity (Wildman–Crippen MR) is 81.2 cm³/mol. The van der Waals surface area contributed by atoms with E-state index >= 15 is 0 Å². The van der Waals surface area contributed by atoms with Crippen molar-refractivity contribution in [3.05, 3.63) is 17.3 Å². The Morgan fingerprint density at radius 3 is 3.05 bits per heavy atom. The Labute approximate surface area is 122 Å². The van der Waals surface area contributed by atoms with E-state index in [1.54, 1.807) is 11.3 Å². The monoisotopic (exact) mass is 290 g/mol. The van der Waals surface area contributed by atoms with E-state index in [2.05, 4.69) is 27.1 Å². The number of amides is 1. The molecule has 1 unspecified atom stereocenters. The van der Waals surface area contributed by atoms with Crippen molar-refractivity contribution in [3.8, 4) is 0 Å². The van der Waals surface area contributed by atoms with E-state index in [0.29, 0.717) is 6.54 Å². The van der Waals surface area contributed by atoms with Crippen LogP contribution in [0.1, 0.15) is 26.1 Å². The molecule has 0 radical (unpaired) electrons. The van der Waals surface area contributed by atoms with E-state index in [4.69, 9.17) is 0 Å². The first-order chi connectivity index (χ1) is 9.74. The minimum Gasteiger partial charge on any atom is -0.353 e. The van der Waals surface area contributed by atoms with Crippen molar-refractivity contribution in [3.63, 3.8) is 0 Å². The van der Waals surface area contributed by atoms with Crippen LogP contribution in [0.4, 0.5) is 5.82 Å². The summed E-state index contributed by atoms with van der Waals surface area (Å²) in [5, 5.41) is 6.02. The van der Waals surface area contributed by atoms with Gasteiger partial charge >= 0.3 is 0 Å². The van der Waals surface area contributed by atoms with Gasteiger partial charge in [-0.05, 0) is 17.9 Å². The summed E-state index contributed by atoms with van der Waals surface area (Å²) in [6.07, 6.45) is 1.58. The molecule has 1 fully saturated rings. The number of carbonyl (C=O) groups is 1. The number of carbonyl (C=O) groups excluding carboxylic acids is 1. The fourth-order valence-electron chi connectivity index (χ4n) is 2.63. The molecule has 1 amide bonds. The van der Waals surface area contributed by atoms with Crippen LogP contribution < -0.4 is 10.2 Å². The van der Waals surface area contributed by atoms with E-state index in [-0.39, 0.29) is 11.9 Å². The summed E-state index contributed by atoms with van der Waals surface area (Å²) in [6, 6.07) is 1.92. The standard InChI is InChI=1S/C14H18N4OS/c1-3-10-13(19)15-6-7-18(10)12-9-5-8-20-14(9)17-11(4-2)16-12/h5,8,10H,3-4,6-7H2,1-2H3,(H,15,19). The Hall–Kier alpha value is -1.69. The van der Waals surface area contributed by atoms with Gasteiger partial charge in [0.05, 0.1) is 5.39 Å². The fourth-order valence-corrected chi connectivity index (χ4v) is 3.41. The highest BCUT2D eigenvalue weighted by Gasteiger charge is 2.30. The molecule has 5 nitrogen and oxygen atoms in total. The van der Waals surface area contributed by atoms with Gasteiger partial charge in [0.15, 0.2) is 0 Å². The number of fused-ring (bicyclic) bond motifs is 1. The third kappa shape index (κ3) is 2.14. The van der Waals surface area contributed by atoms with Crippen molar-refractivity contribution in [2.75, 3.05) is 18.0 Å². The van der Waals surface area contributed by atoms with Crippen molar-refractivity contribution in [1.82, 2.24) is 15.3 Å². The third-order valence-corrected chi connectivity index (χ3v) is 4.46. The summed E-state index contributed by atoms with van der Waals surface area (Å²) in [5.74, 6) is 1.85. The van der Waals surface area contributed by atoms with Gasteiger partial charge in [0.25, 0.3) is 0 Å². The van der Waals surface area contributed by atoms with Crippen LogP contribution in [0.5, 0.6) is 0 Å². The van der Waals surface area contributed by atoms with E-state index in [1.165, 1.54) is 0 Å². The Balaban J connectivity index is 2.11. The van der Waals surface area contributed by atoms with E-state index < -0.39 is 0 Å². The summed E-state index contributed by atoms with van der Waals surface area (Å²) in [7, 11) is 0. The number of hydrogen-bond donors (Lipinski definition) is 1.